The Kier molecular flexibility index (Phi) is 6.33. The normalized spacial score (nSPS) is 15.7. The van der Waals surface area contributed by atoms with E-state index in [0.717, 1.165) is 22.0 Å². The Hall–Kier alpha value is -3.98. The van der Waals surface area contributed by atoms with Crippen LogP contribution in [0.25, 0.3) is 6.08 Å². The first-order valence-electron chi connectivity index (χ1n) is 11.2. The molecule has 8 nitrogen and oxygen atoms in total. The fourth-order valence-corrected chi connectivity index (χ4v) is 5.00. The van der Waals surface area contributed by atoms with Gasteiger partial charge in [-0.25, -0.2) is 0 Å². The van der Waals surface area contributed by atoms with Crippen molar-refractivity contribution < 1.29 is 19.0 Å². The Morgan fingerprint density at radius 3 is 2.71 bits per heavy atom. The molecule has 0 bridgehead atoms. The number of fused-ring (bicyclic) bond motifs is 3. The molecular weight excluding hydrogens is 464 g/mol. The van der Waals surface area contributed by atoms with Crippen molar-refractivity contribution in [3.8, 4) is 17.2 Å². The van der Waals surface area contributed by atoms with Crippen LogP contribution in [0.3, 0.4) is 0 Å². The number of nitrogens with one attached hydrogen (secondary N) is 1. The number of ether oxygens (including phenoxy) is 3. The predicted molar refractivity (Wildman–Crippen MR) is 137 cm³/mol. The topological polar surface area (TPSA) is 89.1 Å². The highest BCUT2D eigenvalue weighted by atomic mass is 32.2. The summed E-state index contributed by atoms with van der Waals surface area (Å²) >= 11 is 1.37. The number of benzene rings is 2. The molecule has 178 valence electrons. The van der Waals surface area contributed by atoms with Crippen molar-refractivity contribution in [3.05, 3.63) is 72.1 Å². The van der Waals surface area contributed by atoms with Crippen LogP contribution in [0.15, 0.2) is 76.3 Å². The molecule has 0 saturated heterocycles. The van der Waals surface area contributed by atoms with Gasteiger partial charge in [-0.2, -0.15) is 4.99 Å². The maximum absolute atomic E-state index is 12.9. The second-order valence-electron chi connectivity index (χ2n) is 7.73. The zero-order valence-electron chi connectivity index (χ0n) is 19.4. The van der Waals surface area contributed by atoms with Crippen LogP contribution in [-0.2, 0) is 11.3 Å². The van der Waals surface area contributed by atoms with E-state index in [-0.39, 0.29) is 11.4 Å². The van der Waals surface area contributed by atoms with Crippen LogP contribution < -0.4 is 19.1 Å². The summed E-state index contributed by atoms with van der Waals surface area (Å²) in [6.07, 6.45) is 3.63. The summed E-state index contributed by atoms with van der Waals surface area (Å²) < 4.78 is 18.8. The molecule has 3 aromatic rings. The number of nitrogens with zero attached hydrogens (tertiary/aromatic N) is 3. The Morgan fingerprint density at radius 2 is 1.91 bits per heavy atom. The first kappa shape index (κ1) is 22.8. The molecule has 0 atom stereocenters. The molecule has 0 radical (unpaired) electrons. The molecule has 1 aromatic heterocycles. The molecule has 0 aliphatic carbocycles. The molecule has 9 heteroatoms. The SMILES string of the molecule is CCOc1ccc2c(c1)SC1=NC(=O)/C(=C/c3cccn3CCOc3ccccc3OC)C(=N)N12. The maximum atomic E-state index is 12.9. The van der Waals surface area contributed by atoms with Crippen LogP contribution in [0.5, 0.6) is 17.2 Å². The third-order valence-electron chi connectivity index (χ3n) is 5.60. The third kappa shape index (κ3) is 4.42. The van der Waals surface area contributed by atoms with Gasteiger partial charge in [0, 0.05) is 16.8 Å². The van der Waals surface area contributed by atoms with E-state index in [1.165, 1.54) is 11.8 Å². The van der Waals surface area contributed by atoms with Crippen molar-refractivity contribution in [2.45, 2.75) is 18.4 Å². The minimum atomic E-state index is -0.426. The number of carbonyl (C=O) groups excluding carboxylic acids is 1. The first-order chi connectivity index (χ1) is 17.1. The van der Waals surface area contributed by atoms with E-state index >= 15 is 0 Å². The molecule has 5 rings (SSSR count). The highest BCUT2D eigenvalue weighted by Crippen LogP contribution is 2.44. The minimum absolute atomic E-state index is 0.105. The first-order valence-corrected chi connectivity index (χ1v) is 12.0. The number of carbonyl (C=O) groups is 1. The van der Waals surface area contributed by atoms with Gasteiger partial charge in [0.25, 0.3) is 5.91 Å². The number of hydrogen-bond acceptors (Lipinski definition) is 6. The van der Waals surface area contributed by atoms with E-state index in [1.807, 2.05) is 72.3 Å². The van der Waals surface area contributed by atoms with Crippen LogP contribution in [0.1, 0.15) is 12.6 Å². The third-order valence-corrected chi connectivity index (χ3v) is 6.60. The number of rotatable bonds is 8. The molecular formula is C26H24N4O4S. The number of aromatic nitrogens is 1. The molecule has 1 N–H and O–H groups in total. The standard InChI is InChI=1S/C26H24N4O4S/c1-3-33-18-10-11-20-23(16-18)35-26-28-25(31)19(24(27)30(20)26)15-17-7-6-12-29(17)13-14-34-22-9-5-4-8-21(22)32-2/h4-12,15-16,27H,3,13-14H2,1-2H3/b19-15+,27-24?. The van der Waals surface area contributed by atoms with Gasteiger partial charge in [-0.15, -0.1) is 0 Å². The molecule has 1 amide bonds. The summed E-state index contributed by atoms with van der Waals surface area (Å²) in [5.41, 5.74) is 1.85. The lowest BCUT2D eigenvalue weighted by Crippen LogP contribution is -2.39. The van der Waals surface area contributed by atoms with E-state index in [1.54, 1.807) is 18.1 Å². The summed E-state index contributed by atoms with van der Waals surface area (Å²) in [7, 11) is 1.61. The van der Waals surface area contributed by atoms with Crippen molar-refractivity contribution in [2.75, 3.05) is 25.2 Å². The summed E-state index contributed by atoms with van der Waals surface area (Å²) in [4.78, 5) is 19.7. The summed E-state index contributed by atoms with van der Waals surface area (Å²) in [6.45, 7) is 3.47. The largest absolute Gasteiger partial charge is 0.494 e. The second-order valence-corrected chi connectivity index (χ2v) is 8.74. The molecule has 2 aliphatic heterocycles. The Bertz CT molecular complexity index is 1360. The molecule has 0 unspecified atom stereocenters. The molecule has 2 aliphatic rings. The smallest absolute Gasteiger partial charge is 0.283 e. The molecule has 0 spiro atoms. The van der Waals surface area contributed by atoms with Gasteiger partial charge in [-0.3, -0.25) is 15.1 Å². The van der Waals surface area contributed by atoms with Crippen molar-refractivity contribution in [3.63, 3.8) is 0 Å². The fraction of sp³-hybridized carbons (Fsp3) is 0.192. The van der Waals surface area contributed by atoms with Gasteiger partial charge >= 0.3 is 0 Å². The van der Waals surface area contributed by atoms with Crippen LogP contribution in [0, 0.1) is 5.41 Å². The van der Waals surface area contributed by atoms with E-state index in [0.29, 0.717) is 36.4 Å². The van der Waals surface area contributed by atoms with E-state index in [4.69, 9.17) is 19.6 Å². The number of aliphatic imine (C=N–C) groups is 1. The number of methoxy groups -OCH3 is 1. The molecule has 0 saturated carbocycles. The van der Waals surface area contributed by atoms with Gasteiger partial charge in [-0.05, 0) is 67.2 Å². The Morgan fingerprint density at radius 1 is 1.09 bits per heavy atom. The number of amides is 1. The highest BCUT2D eigenvalue weighted by Gasteiger charge is 2.37. The van der Waals surface area contributed by atoms with Crippen LogP contribution in [0.2, 0.25) is 0 Å². The number of amidine groups is 2. The summed E-state index contributed by atoms with van der Waals surface area (Å²) in [5, 5.41) is 9.29. The van der Waals surface area contributed by atoms with Crippen molar-refractivity contribution >= 4 is 40.4 Å². The van der Waals surface area contributed by atoms with Gasteiger partial charge in [0.05, 0.1) is 31.5 Å². The van der Waals surface area contributed by atoms with Gasteiger partial charge < -0.3 is 18.8 Å². The quantitative estimate of drug-likeness (QED) is 0.456. The van der Waals surface area contributed by atoms with Crippen LogP contribution >= 0.6 is 11.8 Å². The number of hydrogen-bond donors (Lipinski definition) is 1. The molecule has 35 heavy (non-hydrogen) atoms. The van der Waals surface area contributed by atoms with Crippen molar-refractivity contribution in [1.29, 1.82) is 5.41 Å². The maximum Gasteiger partial charge on any atom is 0.283 e. The van der Waals surface area contributed by atoms with Crippen molar-refractivity contribution in [1.82, 2.24) is 4.57 Å². The highest BCUT2D eigenvalue weighted by molar-refractivity contribution is 8.15. The average Bonchev–Trinajstić information content (AvgIpc) is 3.45. The molecule has 3 heterocycles. The van der Waals surface area contributed by atoms with Gasteiger partial charge in [-0.1, -0.05) is 12.1 Å². The van der Waals surface area contributed by atoms with Gasteiger partial charge in [0.15, 0.2) is 16.7 Å². The minimum Gasteiger partial charge on any atom is -0.494 e. The van der Waals surface area contributed by atoms with E-state index < -0.39 is 5.91 Å². The predicted octanol–water partition coefficient (Wildman–Crippen LogP) is 4.84. The fourth-order valence-electron chi connectivity index (χ4n) is 3.95. The van der Waals surface area contributed by atoms with Crippen LogP contribution in [0.4, 0.5) is 5.69 Å². The summed E-state index contributed by atoms with van der Waals surface area (Å²) in [6, 6.07) is 17.0. The molecule has 0 fully saturated rings. The number of para-hydroxylation sites is 2. The lowest BCUT2D eigenvalue weighted by atomic mass is 10.1. The van der Waals surface area contributed by atoms with E-state index in [2.05, 4.69) is 4.99 Å². The van der Waals surface area contributed by atoms with Crippen LogP contribution in [-0.4, -0.2) is 41.8 Å². The lowest BCUT2D eigenvalue weighted by Gasteiger charge is -2.24. The Labute approximate surface area is 207 Å². The second kappa shape index (κ2) is 9.71. The van der Waals surface area contributed by atoms with Crippen molar-refractivity contribution in [2.24, 2.45) is 4.99 Å². The number of thioether (sulfide) groups is 1. The van der Waals surface area contributed by atoms with Gasteiger partial charge in [0.2, 0.25) is 0 Å². The zero-order valence-corrected chi connectivity index (χ0v) is 20.2. The van der Waals surface area contributed by atoms with E-state index in [9.17, 15) is 4.79 Å². The average molecular weight is 489 g/mol. The summed E-state index contributed by atoms with van der Waals surface area (Å²) in [5.74, 6) is 1.78. The number of anilines is 1. The Balaban J connectivity index is 1.35. The monoisotopic (exact) mass is 488 g/mol. The lowest BCUT2D eigenvalue weighted by molar-refractivity contribution is -0.113. The van der Waals surface area contributed by atoms with Gasteiger partial charge in [0.1, 0.15) is 18.2 Å². The zero-order chi connectivity index (χ0) is 24.4. The molecule has 2 aromatic carbocycles.